The minimum atomic E-state index is -0.337. The summed E-state index contributed by atoms with van der Waals surface area (Å²) < 4.78 is 6.84. The van der Waals surface area contributed by atoms with Crippen molar-refractivity contribution in [2.75, 3.05) is 18.4 Å². The smallest absolute Gasteiger partial charge is 0.255 e. The molecule has 20 heavy (non-hydrogen) atoms. The fourth-order valence-electron chi connectivity index (χ4n) is 2.36. The lowest BCUT2D eigenvalue weighted by Crippen LogP contribution is -2.55. The van der Waals surface area contributed by atoms with Gasteiger partial charge in [0.25, 0.3) is 5.91 Å². The molecular formula is C14H16BrClINO2. The van der Waals surface area contributed by atoms with Crippen molar-refractivity contribution in [2.45, 2.75) is 25.6 Å². The lowest BCUT2D eigenvalue weighted by molar-refractivity contribution is -0.116. The number of hydrogen-bond acceptors (Lipinski definition) is 2. The molecule has 110 valence electrons. The predicted molar refractivity (Wildman–Crippen MR) is 92.8 cm³/mol. The summed E-state index contributed by atoms with van der Waals surface area (Å²) in [5, 5.41) is 1.30. The highest BCUT2D eigenvalue weighted by molar-refractivity contribution is 14.1. The number of amides is 1. The van der Waals surface area contributed by atoms with Crippen LogP contribution in [0.2, 0.25) is 5.02 Å². The second kappa shape index (κ2) is 6.50. The Hall–Kier alpha value is 0.150. The average Bonchev–Trinajstić information content (AvgIpc) is 2.38. The van der Waals surface area contributed by atoms with Gasteiger partial charge in [-0.2, -0.15) is 0 Å². The van der Waals surface area contributed by atoms with Crippen LogP contribution in [0.1, 0.15) is 24.2 Å². The van der Waals surface area contributed by atoms with Gasteiger partial charge in [0.2, 0.25) is 0 Å². The van der Waals surface area contributed by atoms with E-state index in [1.165, 1.54) is 0 Å². The third-order valence-corrected chi connectivity index (χ3v) is 5.00. The molecule has 0 aliphatic carbocycles. The van der Waals surface area contributed by atoms with E-state index in [9.17, 15) is 4.79 Å². The van der Waals surface area contributed by atoms with E-state index in [4.69, 9.17) is 16.3 Å². The highest BCUT2D eigenvalue weighted by atomic mass is 127. The Morgan fingerprint density at radius 2 is 2.30 bits per heavy atom. The average molecular weight is 473 g/mol. The Labute approximate surface area is 146 Å². The summed E-state index contributed by atoms with van der Waals surface area (Å²) in [7, 11) is 0. The van der Waals surface area contributed by atoms with Crippen LogP contribution in [0.5, 0.6) is 0 Å². The molecule has 1 aliphatic heterocycles. The first kappa shape index (κ1) is 16.5. The molecule has 0 bridgehead atoms. The van der Waals surface area contributed by atoms with Gasteiger partial charge in [-0.15, -0.1) is 0 Å². The van der Waals surface area contributed by atoms with E-state index < -0.39 is 0 Å². The second-order valence-electron chi connectivity index (χ2n) is 5.46. The van der Waals surface area contributed by atoms with Crippen LogP contribution < -0.4 is 0 Å². The first-order valence-corrected chi connectivity index (χ1v) is 8.88. The molecular weight excluding hydrogens is 456 g/mol. The third-order valence-electron chi connectivity index (χ3n) is 3.10. The van der Waals surface area contributed by atoms with Gasteiger partial charge in [0.05, 0.1) is 17.3 Å². The largest absolute Gasteiger partial charge is 0.368 e. The van der Waals surface area contributed by atoms with Crippen molar-refractivity contribution in [3.05, 3.63) is 32.4 Å². The summed E-state index contributed by atoms with van der Waals surface area (Å²) in [6, 6.07) is 5.39. The number of nitrogens with zero attached hydrogens (tertiary/aromatic N) is 1. The van der Waals surface area contributed by atoms with Gasteiger partial charge in [0.15, 0.2) is 0 Å². The van der Waals surface area contributed by atoms with Gasteiger partial charge in [-0.25, -0.2) is 0 Å². The van der Waals surface area contributed by atoms with E-state index in [-0.39, 0.29) is 17.6 Å². The second-order valence-corrected chi connectivity index (χ2v) is 7.71. The monoisotopic (exact) mass is 471 g/mol. The van der Waals surface area contributed by atoms with Crippen LogP contribution in [-0.4, -0.2) is 40.9 Å². The molecule has 1 heterocycles. The minimum absolute atomic E-state index is 0.0132. The van der Waals surface area contributed by atoms with E-state index in [1.54, 1.807) is 12.1 Å². The molecule has 1 amide bonds. The number of ether oxygens (including phenoxy) is 1. The summed E-state index contributed by atoms with van der Waals surface area (Å²) in [5.41, 5.74) is 0.320. The Bertz CT molecular complexity index is 524. The Morgan fingerprint density at radius 1 is 1.60 bits per heavy atom. The van der Waals surface area contributed by atoms with Gasteiger partial charge in [0.1, 0.15) is 0 Å². The highest BCUT2D eigenvalue weighted by Crippen LogP contribution is 2.26. The topological polar surface area (TPSA) is 29.5 Å². The molecule has 0 saturated carbocycles. The van der Waals surface area contributed by atoms with Crippen LogP contribution in [0.3, 0.4) is 0 Å². The van der Waals surface area contributed by atoms with Crippen LogP contribution in [0.15, 0.2) is 18.2 Å². The van der Waals surface area contributed by atoms with Gasteiger partial charge >= 0.3 is 0 Å². The molecule has 2 rings (SSSR count). The number of benzene rings is 1. The Morgan fingerprint density at radius 3 is 2.95 bits per heavy atom. The van der Waals surface area contributed by atoms with Crippen molar-refractivity contribution in [1.82, 2.24) is 4.90 Å². The molecule has 1 aromatic rings. The van der Waals surface area contributed by atoms with Gasteiger partial charge in [-0.3, -0.25) is 4.79 Å². The normalized spacial score (nSPS) is 21.9. The third kappa shape index (κ3) is 3.87. The Balaban J connectivity index is 2.25. The fourth-order valence-corrected chi connectivity index (χ4v) is 3.44. The van der Waals surface area contributed by atoms with E-state index in [0.29, 0.717) is 29.0 Å². The van der Waals surface area contributed by atoms with Crippen LogP contribution >= 0.6 is 50.1 Å². The number of carbonyl (C=O) groups is 1. The quantitative estimate of drug-likeness (QED) is 0.482. The van der Waals surface area contributed by atoms with Crippen LogP contribution in [-0.2, 0) is 4.74 Å². The summed E-state index contributed by atoms with van der Waals surface area (Å²) >= 11 is 11.6. The van der Waals surface area contributed by atoms with Crippen molar-refractivity contribution in [1.29, 1.82) is 0 Å². The lowest BCUT2D eigenvalue weighted by atomic mass is 10.0. The maximum atomic E-state index is 12.7. The van der Waals surface area contributed by atoms with Crippen molar-refractivity contribution < 1.29 is 9.53 Å². The predicted octanol–water partition coefficient (Wildman–Crippen LogP) is 3.96. The lowest BCUT2D eigenvalue weighted by Gasteiger charge is -2.42. The van der Waals surface area contributed by atoms with Crippen molar-refractivity contribution in [3.63, 3.8) is 0 Å². The van der Waals surface area contributed by atoms with Gasteiger partial charge in [-0.1, -0.05) is 27.5 Å². The molecule has 1 unspecified atom stereocenters. The standard InChI is InChI=1S/C14H16BrClINO2/c1-14(2)8-18(7-10(6-15)20-14)13(19)11-5-9(16)3-4-12(11)17/h3-5,10H,6-8H2,1-2H3. The van der Waals surface area contributed by atoms with Crippen molar-refractivity contribution in [2.24, 2.45) is 0 Å². The highest BCUT2D eigenvalue weighted by Gasteiger charge is 2.35. The molecule has 1 fully saturated rings. The molecule has 1 aliphatic rings. The molecule has 0 aromatic heterocycles. The summed E-state index contributed by atoms with van der Waals surface area (Å²) in [6.45, 7) is 5.18. The zero-order chi connectivity index (χ0) is 14.9. The van der Waals surface area contributed by atoms with Crippen molar-refractivity contribution in [3.8, 4) is 0 Å². The number of alkyl halides is 1. The summed E-state index contributed by atoms with van der Waals surface area (Å²) in [5.74, 6) is 0.0132. The van der Waals surface area contributed by atoms with E-state index in [2.05, 4.69) is 38.5 Å². The number of morpholine rings is 1. The fraction of sp³-hybridized carbons (Fsp3) is 0.500. The molecule has 1 saturated heterocycles. The molecule has 0 spiro atoms. The molecule has 0 N–H and O–H groups in total. The molecule has 1 atom stereocenters. The van der Waals surface area contributed by atoms with E-state index >= 15 is 0 Å². The van der Waals surface area contributed by atoms with Crippen LogP contribution in [0.4, 0.5) is 0 Å². The zero-order valence-corrected chi connectivity index (χ0v) is 15.8. The first-order chi connectivity index (χ1) is 9.32. The number of carbonyl (C=O) groups excluding carboxylic acids is 1. The maximum Gasteiger partial charge on any atom is 0.255 e. The maximum absolute atomic E-state index is 12.7. The zero-order valence-electron chi connectivity index (χ0n) is 11.3. The van der Waals surface area contributed by atoms with Gasteiger partial charge < -0.3 is 9.64 Å². The summed E-state index contributed by atoms with van der Waals surface area (Å²) in [4.78, 5) is 14.6. The van der Waals surface area contributed by atoms with Crippen LogP contribution in [0, 0.1) is 3.57 Å². The first-order valence-electron chi connectivity index (χ1n) is 6.30. The van der Waals surface area contributed by atoms with Gasteiger partial charge in [-0.05, 0) is 54.6 Å². The molecule has 6 heteroatoms. The van der Waals surface area contributed by atoms with E-state index in [1.807, 2.05) is 24.8 Å². The molecule has 1 aromatic carbocycles. The van der Waals surface area contributed by atoms with Crippen molar-refractivity contribution >= 4 is 56.0 Å². The SMILES string of the molecule is CC1(C)CN(C(=O)c2cc(Cl)ccc2I)CC(CBr)O1. The molecule has 0 radical (unpaired) electrons. The summed E-state index contributed by atoms with van der Waals surface area (Å²) in [6.07, 6.45) is 0.0135. The minimum Gasteiger partial charge on any atom is -0.368 e. The number of hydrogen-bond donors (Lipinski definition) is 0. The van der Waals surface area contributed by atoms with Crippen LogP contribution in [0.25, 0.3) is 0 Å². The number of halogens is 3. The van der Waals surface area contributed by atoms with Gasteiger partial charge in [0, 0.05) is 27.0 Å². The Kier molecular flexibility index (Phi) is 5.37. The van der Waals surface area contributed by atoms with E-state index in [0.717, 1.165) is 3.57 Å². The molecule has 3 nitrogen and oxygen atoms in total. The number of rotatable bonds is 2.